The molecule has 2 N–H and O–H groups in total. The van der Waals surface area contributed by atoms with Gasteiger partial charge in [0, 0.05) is 24.8 Å². The van der Waals surface area contributed by atoms with Crippen molar-refractivity contribution in [3.8, 4) is 0 Å². The fourth-order valence-electron chi connectivity index (χ4n) is 2.03. The van der Waals surface area contributed by atoms with Crippen molar-refractivity contribution in [3.63, 3.8) is 0 Å². The fourth-order valence-corrected chi connectivity index (χ4v) is 2.03. The first-order valence-electron chi connectivity index (χ1n) is 7.26. The zero-order valence-electron chi connectivity index (χ0n) is 12.6. The van der Waals surface area contributed by atoms with Crippen LogP contribution in [-0.2, 0) is 0 Å². The molecule has 6 nitrogen and oxygen atoms in total. The van der Waals surface area contributed by atoms with E-state index in [4.69, 9.17) is 0 Å². The summed E-state index contributed by atoms with van der Waals surface area (Å²) >= 11 is 0. The van der Waals surface area contributed by atoms with E-state index in [1.54, 1.807) is 48.8 Å². The van der Waals surface area contributed by atoms with Crippen molar-refractivity contribution in [2.75, 3.05) is 0 Å². The molecule has 3 rings (SSSR count). The van der Waals surface area contributed by atoms with E-state index in [9.17, 15) is 9.59 Å². The normalized spacial score (nSPS) is 11.3. The molecule has 0 aliphatic rings. The highest BCUT2D eigenvalue weighted by molar-refractivity contribution is 5.86. The van der Waals surface area contributed by atoms with E-state index in [-0.39, 0.29) is 11.1 Å². The Morgan fingerprint density at radius 3 is 1.54 bits per heavy atom. The zero-order chi connectivity index (χ0) is 16.8. The molecule has 0 spiro atoms. The average Bonchev–Trinajstić information content (AvgIpc) is 2.61. The second-order valence-corrected chi connectivity index (χ2v) is 4.91. The van der Waals surface area contributed by atoms with E-state index in [0.717, 1.165) is 0 Å². The first kappa shape index (κ1) is 15.4. The number of aliphatic imine (C=N–C) groups is 2. The van der Waals surface area contributed by atoms with Gasteiger partial charge in [-0.05, 0) is 36.4 Å². The highest BCUT2D eigenvalue weighted by Crippen LogP contribution is 2.26. The van der Waals surface area contributed by atoms with Crippen LogP contribution < -0.4 is 11.1 Å². The predicted molar refractivity (Wildman–Crippen MR) is 95.1 cm³/mol. The highest BCUT2D eigenvalue weighted by Gasteiger charge is 2.00. The van der Waals surface area contributed by atoms with Crippen molar-refractivity contribution < 1.29 is 0 Å². The SMILES string of the molecule is O=c1[nH]cccc1C=Nc1ccccc1N=Cc1ccc[nH]c1=O. The van der Waals surface area contributed by atoms with E-state index >= 15 is 0 Å². The first-order valence-corrected chi connectivity index (χ1v) is 7.26. The second-order valence-electron chi connectivity index (χ2n) is 4.91. The molecule has 3 aromatic rings. The fraction of sp³-hybridized carbons (Fsp3) is 0. The number of aromatic nitrogens is 2. The molecule has 24 heavy (non-hydrogen) atoms. The van der Waals surface area contributed by atoms with Crippen molar-refractivity contribution in [2.24, 2.45) is 9.98 Å². The molecular formula is C18H14N4O2. The lowest BCUT2D eigenvalue weighted by molar-refractivity contribution is 1.23. The molecule has 0 saturated heterocycles. The van der Waals surface area contributed by atoms with Gasteiger partial charge in [-0.1, -0.05) is 12.1 Å². The molecule has 2 aromatic heterocycles. The van der Waals surface area contributed by atoms with Crippen LogP contribution in [0.15, 0.2) is 80.5 Å². The van der Waals surface area contributed by atoms with Gasteiger partial charge in [0.2, 0.25) is 0 Å². The minimum atomic E-state index is -0.210. The van der Waals surface area contributed by atoms with Gasteiger partial charge < -0.3 is 9.97 Å². The Kier molecular flexibility index (Phi) is 4.57. The smallest absolute Gasteiger partial charge is 0.256 e. The number of H-pyrrole nitrogens is 2. The molecule has 0 unspecified atom stereocenters. The lowest BCUT2D eigenvalue weighted by Crippen LogP contribution is -2.10. The number of benzene rings is 1. The van der Waals surface area contributed by atoms with Crippen molar-refractivity contribution in [2.45, 2.75) is 0 Å². The van der Waals surface area contributed by atoms with Gasteiger partial charge >= 0.3 is 0 Å². The van der Waals surface area contributed by atoms with Crippen molar-refractivity contribution >= 4 is 23.8 Å². The van der Waals surface area contributed by atoms with Gasteiger partial charge in [-0.3, -0.25) is 19.6 Å². The van der Waals surface area contributed by atoms with Gasteiger partial charge in [-0.2, -0.15) is 0 Å². The molecule has 0 saturated carbocycles. The van der Waals surface area contributed by atoms with Crippen molar-refractivity contribution in [3.05, 3.63) is 92.8 Å². The monoisotopic (exact) mass is 318 g/mol. The Morgan fingerprint density at radius 1 is 0.667 bits per heavy atom. The van der Waals surface area contributed by atoms with Crippen LogP contribution in [0.1, 0.15) is 11.1 Å². The Hall–Kier alpha value is -3.54. The molecule has 0 fully saturated rings. The maximum absolute atomic E-state index is 11.7. The molecular weight excluding hydrogens is 304 g/mol. The van der Waals surface area contributed by atoms with E-state index in [2.05, 4.69) is 20.0 Å². The molecule has 2 heterocycles. The number of nitrogens with zero attached hydrogens (tertiary/aromatic N) is 2. The number of aromatic amines is 2. The first-order chi connectivity index (χ1) is 11.7. The van der Waals surface area contributed by atoms with Crippen LogP contribution in [0.25, 0.3) is 0 Å². The summed E-state index contributed by atoms with van der Waals surface area (Å²) in [4.78, 5) is 37.2. The Labute approximate surface area is 137 Å². The van der Waals surface area contributed by atoms with Crippen molar-refractivity contribution in [1.82, 2.24) is 9.97 Å². The van der Waals surface area contributed by atoms with Gasteiger partial charge in [0.05, 0.1) is 22.5 Å². The molecule has 0 radical (unpaired) electrons. The Morgan fingerprint density at radius 2 is 1.12 bits per heavy atom. The van der Waals surface area contributed by atoms with Gasteiger partial charge in [-0.25, -0.2) is 0 Å². The minimum Gasteiger partial charge on any atom is -0.329 e. The Bertz CT molecular complexity index is 933. The summed E-state index contributed by atoms with van der Waals surface area (Å²) < 4.78 is 0. The van der Waals surface area contributed by atoms with Crippen LogP contribution in [0, 0.1) is 0 Å². The number of rotatable bonds is 4. The number of pyridine rings is 2. The van der Waals surface area contributed by atoms with Crippen LogP contribution in [0.4, 0.5) is 11.4 Å². The molecule has 118 valence electrons. The van der Waals surface area contributed by atoms with E-state index in [1.165, 1.54) is 12.4 Å². The van der Waals surface area contributed by atoms with Crippen LogP contribution in [0.2, 0.25) is 0 Å². The molecule has 6 heteroatoms. The van der Waals surface area contributed by atoms with Crippen LogP contribution in [0.3, 0.4) is 0 Å². The van der Waals surface area contributed by atoms with Gasteiger partial charge in [0.25, 0.3) is 11.1 Å². The molecule has 0 aliphatic heterocycles. The highest BCUT2D eigenvalue weighted by atomic mass is 16.1. The Balaban J connectivity index is 1.91. The van der Waals surface area contributed by atoms with Gasteiger partial charge in [0.1, 0.15) is 0 Å². The topological polar surface area (TPSA) is 90.4 Å². The summed E-state index contributed by atoms with van der Waals surface area (Å²) in [5, 5.41) is 0. The summed E-state index contributed by atoms with van der Waals surface area (Å²) in [5.74, 6) is 0. The lowest BCUT2D eigenvalue weighted by atomic mass is 10.2. The minimum absolute atomic E-state index is 0.210. The lowest BCUT2D eigenvalue weighted by Gasteiger charge is -1.99. The van der Waals surface area contributed by atoms with Crippen LogP contribution in [0.5, 0.6) is 0 Å². The molecule has 0 bridgehead atoms. The average molecular weight is 318 g/mol. The number of hydrogen-bond donors (Lipinski definition) is 2. The third kappa shape index (κ3) is 3.61. The van der Waals surface area contributed by atoms with Crippen LogP contribution >= 0.6 is 0 Å². The van der Waals surface area contributed by atoms with Crippen LogP contribution in [-0.4, -0.2) is 22.4 Å². The number of hydrogen-bond acceptors (Lipinski definition) is 4. The third-order valence-electron chi connectivity index (χ3n) is 3.26. The van der Waals surface area contributed by atoms with E-state index in [0.29, 0.717) is 22.5 Å². The largest absolute Gasteiger partial charge is 0.329 e. The summed E-state index contributed by atoms with van der Waals surface area (Å²) in [6, 6.07) is 14.1. The van der Waals surface area contributed by atoms with Gasteiger partial charge in [0.15, 0.2) is 0 Å². The maximum Gasteiger partial charge on any atom is 0.256 e. The quantitative estimate of drug-likeness (QED) is 0.724. The summed E-state index contributed by atoms with van der Waals surface area (Å²) in [7, 11) is 0. The summed E-state index contributed by atoms with van der Waals surface area (Å²) in [6.45, 7) is 0. The third-order valence-corrected chi connectivity index (χ3v) is 3.26. The van der Waals surface area contributed by atoms with E-state index in [1.807, 2.05) is 12.1 Å². The predicted octanol–water partition coefficient (Wildman–Crippen LogP) is 2.56. The molecule has 0 atom stereocenters. The van der Waals surface area contributed by atoms with Crippen molar-refractivity contribution in [1.29, 1.82) is 0 Å². The summed E-state index contributed by atoms with van der Waals surface area (Å²) in [5.41, 5.74) is 1.69. The van der Waals surface area contributed by atoms with Gasteiger partial charge in [-0.15, -0.1) is 0 Å². The van der Waals surface area contributed by atoms with E-state index < -0.39 is 0 Å². The second kappa shape index (κ2) is 7.15. The number of nitrogens with one attached hydrogen (secondary N) is 2. The molecule has 0 amide bonds. The summed E-state index contributed by atoms with van der Waals surface area (Å²) in [6.07, 6.45) is 6.11. The molecule has 1 aromatic carbocycles. The number of para-hydroxylation sites is 2. The zero-order valence-corrected chi connectivity index (χ0v) is 12.6. The standard InChI is InChI=1S/C18H14N4O2/c23-17-13(5-3-9-19-17)11-21-15-7-1-2-8-16(15)22-12-14-6-4-10-20-18(14)24/h1-12H,(H,19,23)(H,20,24). The molecule has 0 aliphatic carbocycles. The maximum atomic E-state index is 11.7.